The van der Waals surface area contributed by atoms with E-state index >= 15 is 0 Å². The van der Waals surface area contributed by atoms with Crippen molar-refractivity contribution < 1.29 is 37.5 Å². The van der Waals surface area contributed by atoms with E-state index in [-0.39, 0.29) is 32.0 Å². The van der Waals surface area contributed by atoms with Gasteiger partial charge in [0.2, 0.25) is 11.7 Å². The first-order chi connectivity index (χ1) is 20.5. The Balaban J connectivity index is 2.18. The first kappa shape index (κ1) is 33.2. The number of aliphatic hydroxyl groups is 1. The van der Waals surface area contributed by atoms with E-state index in [4.69, 9.17) is 14.2 Å². The Morgan fingerprint density at radius 2 is 1.72 bits per heavy atom. The maximum atomic E-state index is 14.2. The molecule has 2 aromatic carbocycles. The number of nitro groups is 1. The number of nitrogens with zero attached hydrogens (tertiary/aromatic N) is 3. The second kappa shape index (κ2) is 14.8. The van der Waals surface area contributed by atoms with Crippen LogP contribution in [0.2, 0.25) is 0 Å². The first-order valence-corrected chi connectivity index (χ1v) is 14.8. The molecule has 0 fully saturated rings. The highest BCUT2D eigenvalue weighted by Crippen LogP contribution is 2.41. The largest absolute Gasteiger partial charge is 0.493 e. The Morgan fingerprint density at radius 3 is 2.28 bits per heavy atom. The van der Waals surface area contributed by atoms with Gasteiger partial charge in [-0.3, -0.25) is 19.9 Å². The third kappa shape index (κ3) is 7.77. The zero-order valence-electron chi connectivity index (χ0n) is 24.6. The molecule has 43 heavy (non-hydrogen) atoms. The summed E-state index contributed by atoms with van der Waals surface area (Å²) in [5.41, 5.74) is 0.887. The van der Waals surface area contributed by atoms with Gasteiger partial charge in [0.15, 0.2) is 16.4 Å². The molecule has 14 heteroatoms. The fourth-order valence-electron chi connectivity index (χ4n) is 4.55. The molecule has 1 atom stereocenters. The fraction of sp³-hybridized carbons (Fsp3) is 0.379. The van der Waals surface area contributed by atoms with E-state index in [1.165, 1.54) is 39.7 Å². The van der Waals surface area contributed by atoms with Crippen molar-refractivity contribution >= 4 is 21.6 Å². The number of para-hydroxylation sites is 1. The molecule has 13 nitrogen and oxygen atoms in total. The van der Waals surface area contributed by atoms with Gasteiger partial charge in [-0.05, 0) is 48.2 Å². The van der Waals surface area contributed by atoms with Gasteiger partial charge in [-0.2, -0.15) is 4.31 Å². The predicted molar refractivity (Wildman–Crippen MR) is 158 cm³/mol. The van der Waals surface area contributed by atoms with Crippen LogP contribution in [0.5, 0.6) is 17.2 Å². The summed E-state index contributed by atoms with van der Waals surface area (Å²) in [4.78, 5) is 28.3. The molecule has 0 spiro atoms. The number of ether oxygens (including phenoxy) is 3. The van der Waals surface area contributed by atoms with Gasteiger partial charge in [0.05, 0.1) is 38.6 Å². The van der Waals surface area contributed by atoms with Gasteiger partial charge in [0.1, 0.15) is 6.04 Å². The van der Waals surface area contributed by atoms with Crippen molar-refractivity contribution in [3.05, 3.63) is 70.4 Å². The Morgan fingerprint density at radius 1 is 1.07 bits per heavy atom. The van der Waals surface area contributed by atoms with E-state index in [9.17, 15) is 28.4 Å². The molecule has 1 heterocycles. The smallest absolute Gasteiger partial charge is 0.289 e. The number of hydrogen-bond donors (Lipinski definition) is 2. The molecule has 0 aliphatic heterocycles. The number of benzene rings is 2. The standard InChI is InChI=1S/C29H36N4O9S/c1-19(2)14-24(29(35)31-12-13-34)32(43(38,39)27-9-7-6-8-23(27)33(36)37)18-20-10-11-30-22(15-20)21-16-25(40-3)28(42-5)26(17-21)41-4/h6-11,15-17,19,24,34H,12-14,18H2,1-5H3,(H,31,35)/t24-/m0/s1. The highest BCUT2D eigenvalue weighted by Gasteiger charge is 2.39. The second-order valence-corrected chi connectivity index (χ2v) is 11.8. The molecule has 3 rings (SSSR count). The molecule has 0 aliphatic rings. The van der Waals surface area contributed by atoms with Crippen LogP contribution in [-0.2, 0) is 21.4 Å². The lowest BCUT2D eigenvalue weighted by molar-refractivity contribution is -0.387. The molecule has 232 valence electrons. The van der Waals surface area contributed by atoms with Crippen molar-refractivity contribution in [2.24, 2.45) is 5.92 Å². The van der Waals surface area contributed by atoms with Crippen molar-refractivity contribution in [3.63, 3.8) is 0 Å². The molecule has 0 radical (unpaired) electrons. The van der Waals surface area contributed by atoms with Gasteiger partial charge < -0.3 is 24.6 Å². The maximum Gasteiger partial charge on any atom is 0.289 e. The van der Waals surface area contributed by atoms with Crippen LogP contribution in [0.25, 0.3) is 11.3 Å². The van der Waals surface area contributed by atoms with Gasteiger partial charge >= 0.3 is 0 Å². The number of carbonyl (C=O) groups excluding carboxylic acids is 1. The van der Waals surface area contributed by atoms with Crippen LogP contribution in [0.3, 0.4) is 0 Å². The van der Waals surface area contributed by atoms with Gasteiger partial charge in [-0.15, -0.1) is 0 Å². The average molecular weight is 617 g/mol. The minimum absolute atomic E-state index is 0.0899. The molecular formula is C29H36N4O9S. The number of aromatic nitrogens is 1. The summed E-state index contributed by atoms with van der Waals surface area (Å²) >= 11 is 0. The van der Waals surface area contributed by atoms with Crippen LogP contribution in [0.1, 0.15) is 25.8 Å². The zero-order chi connectivity index (χ0) is 31.7. The summed E-state index contributed by atoms with van der Waals surface area (Å²) in [7, 11) is -0.166. The number of carbonyl (C=O) groups is 1. The lowest BCUT2D eigenvalue weighted by atomic mass is 10.0. The molecule has 1 amide bonds. The minimum atomic E-state index is -4.61. The highest BCUT2D eigenvalue weighted by molar-refractivity contribution is 7.89. The normalized spacial score (nSPS) is 12.2. The number of methoxy groups -OCH3 is 3. The third-order valence-electron chi connectivity index (χ3n) is 6.53. The van der Waals surface area contributed by atoms with Crippen molar-refractivity contribution in [2.75, 3.05) is 34.5 Å². The Labute approximate surface area is 250 Å². The molecule has 0 aliphatic carbocycles. The fourth-order valence-corrected chi connectivity index (χ4v) is 6.30. The number of nitrogens with one attached hydrogen (secondary N) is 1. The Hall–Kier alpha value is -4.27. The van der Waals surface area contributed by atoms with Crippen molar-refractivity contribution in [1.82, 2.24) is 14.6 Å². The lowest BCUT2D eigenvalue weighted by Crippen LogP contribution is -2.50. The van der Waals surface area contributed by atoms with Gasteiger partial charge in [0, 0.05) is 30.9 Å². The van der Waals surface area contributed by atoms with E-state index in [1.54, 1.807) is 24.3 Å². The lowest BCUT2D eigenvalue weighted by Gasteiger charge is -2.31. The van der Waals surface area contributed by atoms with Crippen molar-refractivity contribution in [1.29, 1.82) is 0 Å². The van der Waals surface area contributed by atoms with E-state index in [1.807, 2.05) is 13.8 Å². The van der Waals surface area contributed by atoms with Crippen LogP contribution < -0.4 is 19.5 Å². The summed E-state index contributed by atoms with van der Waals surface area (Å²) in [6.45, 7) is 2.92. The van der Waals surface area contributed by atoms with E-state index in [2.05, 4.69) is 10.3 Å². The maximum absolute atomic E-state index is 14.2. The zero-order valence-corrected chi connectivity index (χ0v) is 25.5. The Bertz CT molecular complexity index is 1520. The quantitative estimate of drug-likeness (QED) is 0.191. The van der Waals surface area contributed by atoms with E-state index in [0.29, 0.717) is 34.1 Å². The molecule has 3 aromatic rings. The van der Waals surface area contributed by atoms with Crippen molar-refractivity contribution in [3.8, 4) is 28.5 Å². The monoisotopic (exact) mass is 616 g/mol. The van der Waals surface area contributed by atoms with Crippen LogP contribution >= 0.6 is 0 Å². The topological polar surface area (TPSA) is 170 Å². The first-order valence-electron chi connectivity index (χ1n) is 13.4. The molecular weight excluding hydrogens is 580 g/mol. The van der Waals surface area contributed by atoms with Gasteiger partial charge in [-0.1, -0.05) is 26.0 Å². The third-order valence-corrected chi connectivity index (χ3v) is 8.43. The van der Waals surface area contributed by atoms with Crippen LogP contribution in [0, 0.1) is 16.0 Å². The number of amides is 1. The highest BCUT2D eigenvalue weighted by atomic mass is 32.2. The van der Waals surface area contributed by atoms with E-state index in [0.717, 1.165) is 16.4 Å². The molecule has 0 saturated carbocycles. The summed E-state index contributed by atoms with van der Waals surface area (Å²) in [5, 5.41) is 23.6. The summed E-state index contributed by atoms with van der Waals surface area (Å²) in [6.07, 6.45) is 1.61. The molecule has 1 aromatic heterocycles. The SMILES string of the molecule is COc1cc(-c2cc(CN([C@@H](CC(C)C)C(=O)NCCO)S(=O)(=O)c3ccccc3[N+](=O)[O-])ccn2)cc(OC)c1OC. The average Bonchev–Trinajstić information content (AvgIpc) is 3.00. The number of nitro benzene ring substituents is 1. The Kier molecular flexibility index (Phi) is 11.4. The predicted octanol–water partition coefficient (Wildman–Crippen LogP) is 3.40. The molecule has 0 unspecified atom stereocenters. The molecule has 0 saturated heterocycles. The number of aliphatic hydroxyl groups excluding tert-OH is 1. The summed E-state index contributed by atoms with van der Waals surface area (Å²) in [5.74, 6) is 0.408. The summed E-state index contributed by atoms with van der Waals surface area (Å²) < 4.78 is 45.6. The van der Waals surface area contributed by atoms with Gasteiger partial charge in [-0.25, -0.2) is 8.42 Å². The van der Waals surface area contributed by atoms with Crippen LogP contribution in [-0.4, -0.2) is 74.2 Å². The van der Waals surface area contributed by atoms with Crippen molar-refractivity contribution in [2.45, 2.75) is 37.8 Å². The second-order valence-electron chi connectivity index (χ2n) is 9.90. The van der Waals surface area contributed by atoms with Crippen LogP contribution in [0.15, 0.2) is 59.6 Å². The number of rotatable bonds is 15. The summed E-state index contributed by atoms with van der Waals surface area (Å²) in [6, 6.07) is 10.4. The molecule has 2 N–H and O–H groups in total. The van der Waals surface area contributed by atoms with Crippen LogP contribution in [0.4, 0.5) is 5.69 Å². The number of pyridine rings is 1. The minimum Gasteiger partial charge on any atom is -0.493 e. The number of hydrogen-bond acceptors (Lipinski definition) is 10. The van der Waals surface area contributed by atoms with E-state index < -0.39 is 37.5 Å². The number of sulfonamides is 1. The molecule has 0 bridgehead atoms. The van der Waals surface area contributed by atoms with Gasteiger partial charge in [0.25, 0.3) is 15.7 Å².